The second-order valence-corrected chi connectivity index (χ2v) is 2.70. The number of nitrogens with one attached hydrogen (secondary N) is 1. The van der Waals surface area contributed by atoms with Gasteiger partial charge in [0.15, 0.2) is 12.4 Å². The molecule has 0 fully saturated rings. The average molecular weight is 181 g/mol. The molecular weight excluding hydrogens is 168 g/mol. The Labute approximate surface area is 77.1 Å². The van der Waals surface area contributed by atoms with Gasteiger partial charge >= 0.3 is 0 Å². The highest BCUT2D eigenvalue weighted by Crippen LogP contribution is 1.92. The number of hydrogen-bond acceptors (Lipinski definition) is 2. The normalized spacial score (nSPS) is 9.69. The lowest BCUT2D eigenvalue weighted by Crippen LogP contribution is -2.31. The molecule has 0 bridgehead atoms. The van der Waals surface area contributed by atoms with E-state index in [1.165, 1.54) is 7.11 Å². The SMILES string of the molecule is COCNC(=O)c1ccc[n+](C)c1. The summed E-state index contributed by atoms with van der Waals surface area (Å²) in [5.74, 6) is -0.127. The van der Waals surface area contributed by atoms with E-state index in [-0.39, 0.29) is 12.6 Å². The van der Waals surface area contributed by atoms with Crippen LogP contribution in [-0.4, -0.2) is 19.7 Å². The maximum atomic E-state index is 11.4. The summed E-state index contributed by atoms with van der Waals surface area (Å²) in [6.45, 7) is 0.234. The molecule has 1 rings (SSSR count). The highest BCUT2D eigenvalue weighted by molar-refractivity contribution is 5.93. The van der Waals surface area contributed by atoms with Crippen molar-refractivity contribution in [2.45, 2.75) is 0 Å². The standard InChI is InChI=1S/C9H12N2O2/c1-11-5-3-4-8(6-11)9(12)10-7-13-2/h3-6H,7H2,1-2H3/p+1. The molecule has 0 aromatic carbocycles. The van der Waals surface area contributed by atoms with E-state index >= 15 is 0 Å². The van der Waals surface area contributed by atoms with Gasteiger partial charge in [-0.1, -0.05) is 0 Å². The van der Waals surface area contributed by atoms with Crippen LogP contribution in [0.25, 0.3) is 0 Å². The van der Waals surface area contributed by atoms with Crippen molar-refractivity contribution < 1.29 is 14.1 Å². The first kappa shape index (κ1) is 9.67. The third-order valence-corrected chi connectivity index (χ3v) is 1.58. The van der Waals surface area contributed by atoms with Gasteiger partial charge in [-0.3, -0.25) is 4.79 Å². The average Bonchev–Trinajstić information content (AvgIpc) is 2.14. The van der Waals surface area contributed by atoms with E-state index in [0.717, 1.165) is 0 Å². The zero-order valence-electron chi connectivity index (χ0n) is 7.78. The largest absolute Gasteiger partial charge is 0.364 e. The minimum atomic E-state index is -0.127. The summed E-state index contributed by atoms with van der Waals surface area (Å²) in [4.78, 5) is 11.4. The number of nitrogens with zero attached hydrogens (tertiary/aromatic N) is 1. The number of hydrogen-bond donors (Lipinski definition) is 1. The number of amides is 1. The van der Waals surface area contributed by atoms with Crippen LogP contribution in [0.15, 0.2) is 24.5 Å². The van der Waals surface area contributed by atoms with Crippen molar-refractivity contribution in [1.82, 2.24) is 5.32 Å². The Bertz CT molecular complexity index is 299. The van der Waals surface area contributed by atoms with Crippen LogP contribution in [0, 0.1) is 0 Å². The van der Waals surface area contributed by atoms with Gasteiger partial charge in [0.2, 0.25) is 0 Å². The Balaban J connectivity index is 2.66. The van der Waals surface area contributed by atoms with E-state index in [1.54, 1.807) is 12.3 Å². The first-order valence-corrected chi connectivity index (χ1v) is 3.96. The fourth-order valence-corrected chi connectivity index (χ4v) is 0.962. The molecule has 0 saturated heterocycles. The van der Waals surface area contributed by atoms with Crippen LogP contribution >= 0.6 is 0 Å². The quantitative estimate of drug-likeness (QED) is 0.520. The number of carbonyl (C=O) groups is 1. The van der Waals surface area contributed by atoms with Crippen molar-refractivity contribution in [3.63, 3.8) is 0 Å². The van der Waals surface area contributed by atoms with Crippen LogP contribution in [0.2, 0.25) is 0 Å². The smallest absolute Gasteiger partial charge is 0.259 e. The van der Waals surface area contributed by atoms with Crippen LogP contribution in [0.4, 0.5) is 0 Å². The molecule has 0 aliphatic carbocycles. The second kappa shape index (κ2) is 4.57. The second-order valence-electron chi connectivity index (χ2n) is 2.70. The van der Waals surface area contributed by atoms with E-state index in [9.17, 15) is 4.79 Å². The van der Waals surface area contributed by atoms with E-state index in [0.29, 0.717) is 5.56 Å². The molecule has 0 aliphatic rings. The fraction of sp³-hybridized carbons (Fsp3) is 0.333. The molecule has 1 N–H and O–H groups in total. The first-order valence-electron chi connectivity index (χ1n) is 3.96. The zero-order valence-corrected chi connectivity index (χ0v) is 7.78. The topological polar surface area (TPSA) is 42.2 Å². The van der Waals surface area contributed by atoms with Crippen LogP contribution in [0.3, 0.4) is 0 Å². The van der Waals surface area contributed by atoms with Gasteiger partial charge < -0.3 is 10.1 Å². The van der Waals surface area contributed by atoms with Crippen molar-refractivity contribution >= 4 is 5.91 Å². The van der Waals surface area contributed by atoms with Crippen molar-refractivity contribution in [1.29, 1.82) is 0 Å². The van der Waals surface area contributed by atoms with Crippen LogP contribution in [0.5, 0.6) is 0 Å². The summed E-state index contributed by atoms with van der Waals surface area (Å²) in [6, 6.07) is 3.58. The number of carbonyl (C=O) groups excluding carboxylic acids is 1. The van der Waals surface area contributed by atoms with Gasteiger partial charge in [0.1, 0.15) is 19.3 Å². The van der Waals surface area contributed by atoms with Crippen LogP contribution in [0.1, 0.15) is 10.4 Å². The number of aromatic nitrogens is 1. The summed E-state index contributed by atoms with van der Waals surface area (Å²) < 4.78 is 6.55. The summed E-state index contributed by atoms with van der Waals surface area (Å²) in [7, 11) is 3.40. The summed E-state index contributed by atoms with van der Waals surface area (Å²) in [5.41, 5.74) is 0.627. The maximum absolute atomic E-state index is 11.4. The number of methoxy groups -OCH3 is 1. The minimum absolute atomic E-state index is 0.127. The molecule has 1 heterocycles. The number of aryl methyl sites for hydroxylation is 1. The highest BCUT2D eigenvalue weighted by Gasteiger charge is 2.07. The third kappa shape index (κ3) is 2.83. The Morgan fingerprint density at radius 1 is 1.69 bits per heavy atom. The van der Waals surface area contributed by atoms with Gasteiger partial charge in [0, 0.05) is 13.2 Å². The van der Waals surface area contributed by atoms with E-state index in [1.807, 2.05) is 23.9 Å². The third-order valence-electron chi connectivity index (χ3n) is 1.58. The highest BCUT2D eigenvalue weighted by atomic mass is 16.5. The monoisotopic (exact) mass is 181 g/mol. The van der Waals surface area contributed by atoms with Gasteiger partial charge in [-0.2, -0.15) is 0 Å². The molecule has 13 heavy (non-hydrogen) atoms. The molecule has 0 radical (unpaired) electrons. The van der Waals surface area contributed by atoms with Gasteiger partial charge in [-0.25, -0.2) is 4.57 Å². The molecule has 1 aromatic heterocycles. The summed E-state index contributed by atoms with van der Waals surface area (Å²) >= 11 is 0. The van der Waals surface area contributed by atoms with Gasteiger partial charge in [-0.15, -0.1) is 0 Å². The van der Waals surface area contributed by atoms with Crippen molar-refractivity contribution in [2.24, 2.45) is 7.05 Å². The number of rotatable bonds is 3. The Morgan fingerprint density at radius 3 is 3.08 bits per heavy atom. The Morgan fingerprint density at radius 2 is 2.46 bits per heavy atom. The molecule has 0 aliphatic heterocycles. The van der Waals surface area contributed by atoms with E-state index in [2.05, 4.69) is 5.32 Å². The lowest BCUT2D eigenvalue weighted by atomic mass is 10.3. The van der Waals surface area contributed by atoms with Gasteiger partial charge in [0.05, 0.1) is 0 Å². The zero-order chi connectivity index (χ0) is 9.68. The predicted octanol–water partition coefficient (Wildman–Crippen LogP) is -0.155. The predicted molar refractivity (Wildman–Crippen MR) is 47.0 cm³/mol. The van der Waals surface area contributed by atoms with Gasteiger partial charge in [0.25, 0.3) is 5.91 Å². The van der Waals surface area contributed by atoms with E-state index < -0.39 is 0 Å². The Hall–Kier alpha value is -1.42. The number of ether oxygens (including phenoxy) is 1. The minimum Gasteiger partial charge on any atom is -0.364 e. The fourth-order valence-electron chi connectivity index (χ4n) is 0.962. The molecular formula is C9H13N2O2+. The molecule has 0 saturated carbocycles. The first-order chi connectivity index (χ1) is 6.24. The number of pyridine rings is 1. The maximum Gasteiger partial charge on any atom is 0.259 e. The van der Waals surface area contributed by atoms with Crippen molar-refractivity contribution in [3.05, 3.63) is 30.1 Å². The summed E-state index contributed by atoms with van der Waals surface area (Å²) in [5, 5.41) is 2.60. The van der Waals surface area contributed by atoms with Crippen molar-refractivity contribution in [3.8, 4) is 0 Å². The lowest BCUT2D eigenvalue weighted by Gasteiger charge is -2.01. The Kier molecular flexibility index (Phi) is 3.40. The molecule has 0 unspecified atom stereocenters. The van der Waals surface area contributed by atoms with E-state index in [4.69, 9.17) is 4.74 Å². The molecule has 1 amide bonds. The van der Waals surface area contributed by atoms with Crippen LogP contribution < -0.4 is 9.88 Å². The van der Waals surface area contributed by atoms with Crippen molar-refractivity contribution in [2.75, 3.05) is 13.8 Å². The summed E-state index contributed by atoms with van der Waals surface area (Å²) in [6.07, 6.45) is 3.62. The molecule has 4 heteroatoms. The molecule has 4 nitrogen and oxygen atoms in total. The lowest BCUT2D eigenvalue weighted by molar-refractivity contribution is -0.671. The van der Waals surface area contributed by atoms with Gasteiger partial charge in [-0.05, 0) is 6.07 Å². The molecule has 1 aromatic rings. The molecule has 70 valence electrons. The molecule has 0 atom stereocenters. The molecule has 0 spiro atoms. The van der Waals surface area contributed by atoms with Crippen LogP contribution in [-0.2, 0) is 11.8 Å².